The first-order chi connectivity index (χ1) is 18.6. The monoisotopic (exact) mass is 580 g/mol. The highest BCUT2D eigenvalue weighted by Gasteiger charge is 2.41. The normalized spacial score (nSPS) is 18.5. The maximum absolute atomic E-state index is 15.0. The van der Waals surface area contributed by atoms with Crippen LogP contribution in [-0.2, 0) is 14.8 Å². The van der Waals surface area contributed by atoms with Crippen LogP contribution in [0.5, 0.6) is 0 Å². The van der Waals surface area contributed by atoms with Gasteiger partial charge in [-0.2, -0.15) is 5.26 Å². The second kappa shape index (κ2) is 12.6. The van der Waals surface area contributed by atoms with Crippen molar-refractivity contribution in [3.05, 3.63) is 53.8 Å². The molecule has 2 N–H and O–H groups in total. The van der Waals surface area contributed by atoms with Crippen molar-refractivity contribution in [1.29, 1.82) is 5.26 Å². The minimum atomic E-state index is -4.39. The van der Waals surface area contributed by atoms with Crippen molar-refractivity contribution < 1.29 is 26.4 Å². The van der Waals surface area contributed by atoms with Crippen molar-refractivity contribution in [3.8, 4) is 6.07 Å². The Balaban J connectivity index is 1.46. The molecular weight excluding hydrogens is 549 g/mol. The highest BCUT2D eigenvalue weighted by molar-refractivity contribution is 7.99. The number of benzene rings is 2. The van der Waals surface area contributed by atoms with E-state index in [2.05, 4.69) is 5.32 Å². The highest BCUT2D eigenvalue weighted by Crippen LogP contribution is 2.32. The SMILES string of the molecule is N#Cc1cc(S(=O)(=O)NC(=O)C2(F)CCCCC2)ccc1N[C@H](CCN1CC(F)C1)CSc1ccc(F)cc1. The topological polar surface area (TPSA) is 102 Å². The fourth-order valence-corrected chi connectivity index (χ4v) is 6.73. The second-order valence-electron chi connectivity index (χ2n) is 10.0. The number of amides is 1. The summed E-state index contributed by atoms with van der Waals surface area (Å²) in [5.41, 5.74) is -1.78. The van der Waals surface area contributed by atoms with Crippen LogP contribution in [0.4, 0.5) is 18.9 Å². The van der Waals surface area contributed by atoms with Crippen molar-refractivity contribution in [2.45, 2.75) is 66.2 Å². The van der Waals surface area contributed by atoms with Gasteiger partial charge in [0.15, 0.2) is 5.67 Å². The van der Waals surface area contributed by atoms with E-state index in [1.807, 2.05) is 15.7 Å². The number of likely N-dealkylation sites (tertiary alicyclic amines) is 1. The predicted molar refractivity (Wildman–Crippen MR) is 144 cm³/mol. The van der Waals surface area contributed by atoms with Crippen LogP contribution in [-0.4, -0.2) is 62.5 Å². The fourth-order valence-electron chi connectivity index (χ4n) is 4.69. The zero-order valence-electron chi connectivity index (χ0n) is 21.3. The summed E-state index contributed by atoms with van der Waals surface area (Å²) in [4.78, 5) is 15.0. The highest BCUT2D eigenvalue weighted by atomic mass is 32.2. The lowest BCUT2D eigenvalue weighted by molar-refractivity contribution is -0.133. The Morgan fingerprint density at radius 2 is 1.85 bits per heavy atom. The summed E-state index contributed by atoms with van der Waals surface area (Å²) >= 11 is 1.49. The van der Waals surface area contributed by atoms with Gasteiger partial charge in [0.2, 0.25) is 0 Å². The zero-order valence-corrected chi connectivity index (χ0v) is 23.0. The Kier molecular flexibility index (Phi) is 9.46. The van der Waals surface area contributed by atoms with Gasteiger partial charge in [-0.05, 0) is 74.6 Å². The molecule has 1 heterocycles. The maximum Gasteiger partial charge on any atom is 0.271 e. The Morgan fingerprint density at radius 1 is 1.15 bits per heavy atom. The lowest BCUT2D eigenvalue weighted by atomic mass is 9.86. The number of alkyl halides is 2. The molecule has 1 atom stereocenters. The zero-order chi connectivity index (χ0) is 28.0. The first-order valence-corrected chi connectivity index (χ1v) is 15.4. The number of nitriles is 1. The van der Waals surface area contributed by atoms with E-state index < -0.39 is 27.8 Å². The minimum absolute atomic E-state index is 0.0264. The molecule has 2 aliphatic rings. The number of nitrogens with one attached hydrogen (secondary N) is 2. The molecule has 2 aromatic carbocycles. The molecule has 1 aliphatic heterocycles. The van der Waals surface area contributed by atoms with Crippen molar-refractivity contribution in [1.82, 2.24) is 9.62 Å². The van der Waals surface area contributed by atoms with Crippen LogP contribution in [0, 0.1) is 17.1 Å². The molecule has 4 rings (SSSR count). The molecule has 0 radical (unpaired) electrons. The van der Waals surface area contributed by atoms with Gasteiger partial charge < -0.3 is 5.32 Å². The van der Waals surface area contributed by atoms with E-state index in [1.165, 1.54) is 36.0 Å². The molecule has 2 fully saturated rings. The van der Waals surface area contributed by atoms with Gasteiger partial charge in [0.25, 0.3) is 15.9 Å². The van der Waals surface area contributed by atoms with Crippen molar-refractivity contribution in [2.24, 2.45) is 0 Å². The van der Waals surface area contributed by atoms with Crippen LogP contribution in [0.1, 0.15) is 44.1 Å². The van der Waals surface area contributed by atoms with Crippen LogP contribution in [0.25, 0.3) is 0 Å². The number of nitrogens with zero attached hydrogens (tertiary/aromatic N) is 2. The van der Waals surface area contributed by atoms with E-state index in [-0.39, 0.29) is 35.2 Å². The maximum atomic E-state index is 15.0. The molecule has 1 aliphatic carbocycles. The van der Waals surface area contributed by atoms with Crippen LogP contribution < -0.4 is 10.0 Å². The van der Waals surface area contributed by atoms with Gasteiger partial charge in [-0.1, -0.05) is 6.42 Å². The molecule has 210 valence electrons. The quantitative estimate of drug-likeness (QED) is 0.369. The summed E-state index contributed by atoms with van der Waals surface area (Å²) in [6.07, 6.45) is 1.56. The summed E-state index contributed by atoms with van der Waals surface area (Å²) in [6, 6.07) is 11.8. The lowest BCUT2D eigenvalue weighted by Gasteiger charge is -2.35. The second-order valence-corrected chi connectivity index (χ2v) is 12.8. The average Bonchev–Trinajstić information content (AvgIpc) is 2.90. The standard InChI is InChI=1S/C27H31F3N4O3S2/c28-20-4-6-23(7-5-20)38-18-22(10-13-34-16-21(29)17-34)32-25-9-8-24(14-19(25)15-31)39(36,37)33-26(35)27(30)11-2-1-3-12-27/h4-9,14,21-22,32H,1-3,10-13,16-18H2,(H,33,35)/t22-/m1/s1. The van der Waals surface area contributed by atoms with Gasteiger partial charge in [-0.3, -0.25) is 9.69 Å². The Bertz CT molecular complexity index is 1310. The summed E-state index contributed by atoms with van der Waals surface area (Å²) < 4.78 is 69.1. The van der Waals surface area contributed by atoms with Gasteiger partial charge in [0.1, 0.15) is 18.1 Å². The first kappa shape index (κ1) is 29.2. The molecule has 1 saturated carbocycles. The van der Waals surface area contributed by atoms with Crippen molar-refractivity contribution in [3.63, 3.8) is 0 Å². The van der Waals surface area contributed by atoms with E-state index in [4.69, 9.17) is 0 Å². The number of hydrogen-bond donors (Lipinski definition) is 2. The molecular formula is C27H31F3N4O3S2. The van der Waals surface area contributed by atoms with Crippen LogP contribution in [0.2, 0.25) is 0 Å². The van der Waals surface area contributed by atoms with Gasteiger partial charge in [-0.15, -0.1) is 11.8 Å². The van der Waals surface area contributed by atoms with Gasteiger partial charge in [0.05, 0.1) is 16.1 Å². The number of thioether (sulfide) groups is 1. The summed E-state index contributed by atoms with van der Waals surface area (Å²) in [6.45, 7) is 1.38. The average molecular weight is 581 g/mol. The smallest absolute Gasteiger partial charge is 0.271 e. The molecule has 1 amide bonds. The Hall–Kier alpha value is -2.75. The first-order valence-electron chi connectivity index (χ1n) is 12.9. The number of carbonyl (C=O) groups is 1. The Morgan fingerprint density at radius 3 is 2.49 bits per heavy atom. The number of hydrogen-bond acceptors (Lipinski definition) is 7. The van der Waals surface area contributed by atoms with Gasteiger partial charge in [0, 0.05) is 36.3 Å². The molecule has 0 bridgehead atoms. The lowest BCUT2D eigenvalue weighted by Crippen LogP contribution is -2.49. The molecule has 0 aromatic heterocycles. The number of halogens is 3. The summed E-state index contributed by atoms with van der Waals surface area (Å²) in [5.74, 6) is -0.960. The van der Waals surface area contributed by atoms with E-state index >= 15 is 0 Å². The number of carbonyl (C=O) groups excluding carboxylic acids is 1. The van der Waals surface area contributed by atoms with Crippen LogP contribution >= 0.6 is 11.8 Å². The third-order valence-corrected chi connectivity index (χ3v) is 9.54. The fraction of sp³-hybridized carbons (Fsp3) is 0.481. The summed E-state index contributed by atoms with van der Waals surface area (Å²) in [7, 11) is -4.39. The van der Waals surface area contributed by atoms with Crippen molar-refractivity contribution in [2.75, 3.05) is 30.7 Å². The van der Waals surface area contributed by atoms with Gasteiger partial charge >= 0.3 is 0 Å². The molecule has 1 saturated heterocycles. The van der Waals surface area contributed by atoms with Crippen LogP contribution in [0.3, 0.4) is 0 Å². The molecule has 2 aromatic rings. The van der Waals surface area contributed by atoms with E-state index in [0.29, 0.717) is 50.3 Å². The van der Waals surface area contributed by atoms with E-state index in [1.54, 1.807) is 12.1 Å². The van der Waals surface area contributed by atoms with Gasteiger partial charge in [-0.25, -0.2) is 26.3 Å². The minimum Gasteiger partial charge on any atom is -0.380 e. The Labute approximate surface area is 231 Å². The van der Waals surface area contributed by atoms with Crippen LogP contribution in [0.15, 0.2) is 52.3 Å². The molecule has 12 heteroatoms. The largest absolute Gasteiger partial charge is 0.380 e. The summed E-state index contributed by atoms with van der Waals surface area (Å²) in [5, 5.41) is 13.0. The molecule has 7 nitrogen and oxygen atoms in total. The third-order valence-electron chi connectivity index (χ3n) is 7.03. The van der Waals surface area contributed by atoms with Crippen molar-refractivity contribution >= 4 is 33.4 Å². The molecule has 0 unspecified atom stereocenters. The third kappa shape index (κ3) is 7.68. The number of sulfonamides is 1. The predicted octanol–water partition coefficient (Wildman–Crippen LogP) is 4.79. The number of rotatable bonds is 11. The number of anilines is 1. The van der Waals surface area contributed by atoms with E-state index in [0.717, 1.165) is 17.4 Å². The molecule has 39 heavy (non-hydrogen) atoms. The molecule has 0 spiro atoms. The van der Waals surface area contributed by atoms with E-state index in [9.17, 15) is 31.6 Å².